The van der Waals surface area contributed by atoms with Crippen LogP contribution >= 0.6 is 11.8 Å². The van der Waals surface area contributed by atoms with Gasteiger partial charge in [0.05, 0.1) is 5.03 Å². The Morgan fingerprint density at radius 1 is 1.00 bits per heavy atom. The number of hydrogen-bond acceptors (Lipinski definition) is 3. The molecule has 1 aliphatic rings. The highest BCUT2D eigenvalue weighted by atomic mass is 32.2. The third-order valence-corrected chi connectivity index (χ3v) is 5.35. The predicted octanol–water partition coefficient (Wildman–Crippen LogP) is 3.84. The molecule has 3 unspecified atom stereocenters. The molecule has 1 fully saturated rings. The van der Waals surface area contributed by atoms with E-state index in [1.165, 1.54) is 12.0 Å². The lowest BCUT2D eigenvalue weighted by Crippen LogP contribution is -2.37. The first kappa shape index (κ1) is 13.7. The number of benzene rings is 1. The first-order chi connectivity index (χ1) is 9.83. The van der Waals surface area contributed by atoms with Crippen molar-refractivity contribution in [2.24, 2.45) is 5.73 Å². The maximum atomic E-state index is 6.32. The number of aromatic nitrogens is 1. The van der Waals surface area contributed by atoms with Crippen molar-refractivity contribution in [3.63, 3.8) is 0 Å². The highest BCUT2D eigenvalue weighted by Gasteiger charge is 2.29. The van der Waals surface area contributed by atoms with Crippen molar-refractivity contribution in [3.8, 4) is 0 Å². The number of thioether (sulfide) groups is 1. The second kappa shape index (κ2) is 6.42. The molecule has 0 spiro atoms. The lowest BCUT2D eigenvalue weighted by Gasteiger charge is -2.33. The van der Waals surface area contributed by atoms with Gasteiger partial charge in [0.2, 0.25) is 0 Å². The highest BCUT2D eigenvalue weighted by Crippen LogP contribution is 2.39. The molecule has 104 valence electrons. The van der Waals surface area contributed by atoms with Crippen LogP contribution in [0.1, 0.15) is 30.7 Å². The van der Waals surface area contributed by atoms with E-state index in [0.717, 1.165) is 17.9 Å². The van der Waals surface area contributed by atoms with Crippen molar-refractivity contribution in [2.75, 3.05) is 0 Å². The minimum Gasteiger partial charge on any atom is -0.327 e. The van der Waals surface area contributed by atoms with Crippen LogP contribution in [0.5, 0.6) is 0 Å². The summed E-state index contributed by atoms with van der Waals surface area (Å²) < 4.78 is 0. The minimum atomic E-state index is 0.280. The van der Waals surface area contributed by atoms with Crippen LogP contribution in [0.3, 0.4) is 0 Å². The van der Waals surface area contributed by atoms with Crippen molar-refractivity contribution >= 4 is 11.8 Å². The van der Waals surface area contributed by atoms with E-state index in [0.29, 0.717) is 11.2 Å². The van der Waals surface area contributed by atoms with Crippen LogP contribution in [0.25, 0.3) is 0 Å². The summed E-state index contributed by atoms with van der Waals surface area (Å²) in [6.45, 7) is 0. The number of nitrogens with zero attached hydrogens (tertiary/aromatic N) is 1. The van der Waals surface area contributed by atoms with E-state index in [1.54, 1.807) is 0 Å². The van der Waals surface area contributed by atoms with E-state index < -0.39 is 0 Å². The fourth-order valence-electron chi connectivity index (χ4n) is 2.89. The third-order valence-electron chi connectivity index (χ3n) is 4.02. The van der Waals surface area contributed by atoms with Crippen molar-refractivity contribution in [1.82, 2.24) is 4.98 Å². The number of rotatable bonds is 3. The van der Waals surface area contributed by atoms with Crippen LogP contribution in [0.4, 0.5) is 0 Å². The van der Waals surface area contributed by atoms with Gasteiger partial charge in [0, 0.05) is 17.5 Å². The SMILES string of the molecule is NC1CCC(c2ccccc2)CC1Sc1ccccn1. The number of pyridine rings is 1. The first-order valence-corrected chi connectivity index (χ1v) is 8.09. The second-order valence-electron chi connectivity index (χ2n) is 5.41. The molecule has 0 saturated heterocycles. The Labute approximate surface area is 124 Å². The van der Waals surface area contributed by atoms with Crippen LogP contribution in [0.15, 0.2) is 59.8 Å². The number of nitrogens with two attached hydrogens (primary N) is 1. The molecule has 0 amide bonds. The molecule has 1 aromatic carbocycles. The lowest BCUT2D eigenvalue weighted by atomic mass is 9.82. The normalized spacial score (nSPS) is 26.4. The molecule has 2 nitrogen and oxygen atoms in total. The molecule has 2 N–H and O–H groups in total. The number of hydrogen-bond donors (Lipinski definition) is 1. The summed E-state index contributed by atoms with van der Waals surface area (Å²) in [4.78, 5) is 4.41. The van der Waals surface area contributed by atoms with E-state index in [-0.39, 0.29) is 6.04 Å². The first-order valence-electron chi connectivity index (χ1n) is 7.21. The van der Waals surface area contributed by atoms with E-state index in [4.69, 9.17) is 5.73 Å². The minimum absolute atomic E-state index is 0.280. The maximum absolute atomic E-state index is 6.32. The molecule has 0 radical (unpaired) electrons. The predicted molar refractivity (Wildman–Crippen MR) is 84.9 cm³/mol. The van der Waals surface area contributed by atoms with Gasteiger partial charge in [-0.2, -0.15) is 0 Å². The topological polar surface area (TPSA) is 38.9 Å². The lowest BCUT2D eigenvalue weighted by molar-refractivity contribution is 0.406. The van der Waals surface area contributed by atoms with E-state index in [9.17, 15) is 0 Å². The van der Waals surface area contributed by atoms with Crippen molar-refractivity contribution in [1.29, 1.82) is 0 Å². The van der Waals surface area contributed by atoms with Gasteiger partial charge < -0.3 is 5.73 Å². The zero-order valence-electron chi connectivity index (χ0n) is 11.5. The van der Waals surface area contributed by atoms with E-state index in [1.807, 2.05) is 30.1 Å². The summed E-state index contributed by atoms with van der Waals surface area (Å²) in [5.41, 5.74) is 7.77. The van der Waals surface area contributed by atoms with Crippen molar-refractivity contribution in [2.45, 2.75) is 41.5 Å². The zero-order valence-corrected chi connectivity index (χ0v) is 12.3. The standard InChI is InChI=1S/C17H20N2S/c18-15-10-9-14(13-6-2-1-3-7-13)12-16(15)20-17-8-4-5-11-19-17/h1-8,11,14-16H,9-10,12,18H2. The Kier molecular flexibility index (Phi) is 4.38. The summed E-state index contributed by atoms with van der Waals surface area (Å²) in [6, 6.07) is 17.2. The monoisotopic (exact) mass is 284 g/mol. The third kappa shape index (κ3) is 3.22. The summed E-state index contributed by atoms with van der Waals surface area (Å²) in [7, 11) is 0. The molecule has 3 heteroatoms. The van der Waals surface area contributed by atoms with Crippen LogP contribution in [0, 0.1) is 0 Å². The molecular formula is C17H20N2S. The zero-order chi connectivity index (χ0) is 13.8. The van der Waals surface area contributed by atoms with Gasteiger partial charge in [-0.05, 0) is 42.9 Å². The fourth-order valence-corrected chi connectivity index (χ4v) is 4.12. The van der Waals surface area contributed by atoms with Crippen molar-refractivity contribution < 1.29 is 0 Å². The molecule has 0 aliphatic heterocycles. The summed E-state index contributed by atoms with van der Waals surface area (Å²) in [5.74, 6) is 0.636. The Morgan fingerprint density at radius 2 is 1.80 bits per heavy atom. The molecule has 1 heterocycles. The van der Waals surface area contributed by atoms with Gasteiger partial charge in [0.1, 0.15) is 0 Å². The van der Waals surface area contributed by atoms with Crippen molar-refractivity contribution in [3.05, 3.63) is 60.3 Å². The molecule has 1 saturated carbocycles. The average molecular weight is 284 g/mol. The fraction of sp³-hybridized carbons (Fsp3) is 0.353. The molecular weight excluding hydrogens is 264 g/mol. The van der Waals surface area contributed by atoms with Crippen LogP contribution in [0.2, 0.25) is 0 Å². The van der Waals surface area contributed by atoms with Gasteiger partial charge in [-0.15, -0.1) is 11.8 Å². The molecule has 1 aliphatic carbocycles. The van der Waals surface area contributed by atoms with Gasteiger partial charge in [-0.3, -0.25) is 0 Å². The van der Waals surface area contributed by atoms with Crippen LogP contribution in [-0.2, 0) is 0 Å². The largest absolute Gasteiger partial charge is 0.327 e. The van der Waals surface area contributed by atoms with Gasteiger partial charge >= 0.3 is 0 Å². The van der Waals surface area contributed by atoms with Gasteiger partial charge in [-0.25, -0.2) is 4.98 Å². The quantitative estimate of drug-likeness (QED) is 0.930. The molecule has 3 rings (SSSR count). The second-order valence-corrected chi connectivity index (χ2v) is 6.67. The maximum Gasteiger partial charge on any atom is 0.0963 e. The average Bonchev–Trinajstić information content (AvgIpc) is 2.51. The van der Waals surface area contributed by atoms with E-state index in [2.05, 4.69) is 41.4 Å². The van der Waals surface area contributed by atoms with E-state index >= 15 is 0 Å². The molecule has 20 heavy (non-hydrogen) atoms. The molecule has 3 atom stereocenters. The van der Waals surface area contributed by atoms with Gasteiger partial charge in [0.15, 0.2) is 0 Å². The van der Waals surface area contributed by atoms with Crippen LogP contribution < -0.4 is 5.73 Å². The Hall–Kier alpha value is -1.32. The molecule has 2 aromatic rings. The van der Waals surface area contributed by atoms with Crippen LogP contribution in [-0.4, -0.2) is 16.3 Å². The van der Waals surface area contributed by atoms with Gasteiger partial charge in [0.25, 0.3) is 0 Å². The smallest absolute Gasteiger partial charge is 0.0963 e. The molecule has 1 aromatic heterocycles. The Balaban J connectivity index is 1.71. The summed E-state index contributed by atoms with van der Waals surface area (Å²) in [6.07, 6.45) is 5.30. The molecule has 0 bridgehead atoms. The van der Waals surface area contributed by atoms with Gasteiger partial charge in [-0.1, -0.05) is 36.4 Å². The Bertz CT molecular complexity index is 529. The summed E-state index contributed by atoms with van der Waals surface area (Å²) in [5, 5.41) is 1.55. The summed E-state index contributed by atoms with van der Waals surface area (Å²) >= 11 is 1.83. The Morgan fingerprint density at radius 3 is 2.55 bits per heavy atom. The highest BCUT2D eigenvalue weighted by molar-refractivity contribution is 7.99.